The van der Waals surface area contributed by atoms with Crippen LogP contribution < -0.4 is 15.0 Å². The van der Waals surface area contributed by atoms with Crippen molar-refractivity contribution >= 4 is 29.2 Å². The zero-order chi connectivity index (χ0) is 22.5. The summed E-state index contributed by atoms with van der Waals surface area (Å²) < 4.78 is 5.39. The molecular weight excluding hydrogens is 420 g/mol. The highest BCUT2D eigenvalue weighted by Crippen LogP contribution is 2.34. The molecule has 0 atom stereocenters. The highest BCUT2D eigenvalue weighted by Gasteiger charge is 2.27. The summed E-state index contributed by atoms with van der Waals surface area (Å²) in [4.78, 5) is 25.5. The number of nitrogens with one attached hydrogen (secondary N) is 1. The maximum atomic E-state index is 12.9. The Morgan fingerprint density at radius 3 is 2.44 bits per heavy atom. The van der Waals surface area contributed by atoms with E-state index in [1.165, 1.54) is 5.56 Å². The molecule has 2 aromatic carbocycles. The number of amides is 1. The molecule has 0 aliphatic carbocycles. The number of hydrogen-bond donors (Lipinski definition) is 1. The fraction of sp³-hybridized carbons (Fsp3) is 0.320. The van der Waals surface area contributed by atoms with E-state index in [0.29, 0.717) is 5.75 Å². The van der Waals surface area contributed by atoms with Crippen LogP contribution in [-0.2, 0) is 4.79 Å². The Balaban J connectivity index is 1.40. The number of hydrogen-bond acceptors (Lipinski definition) is 6. The van der Waals surface area contributed by atoms with Gasteiger partial charge in [0.1, 0.15) is 10.8 Å². The van der Waals surface area contributed by atoms with Crippen LogP contribution >= 0.6 is 11.8 Å². The van der Waals surface area contributed by atoms with Crippen LogP contribution in [0.1, 0.15) is 24.0 Å². The molecule has 1 fully saturated rings. The number of anilines is 2. The van der Waals surface area contributed by atoms with Gasteiger partial charge in [-0.15, -0.1) is 0 Å². The first-order valence-corrected chi connectivity index (χ1v) is 11.6. The third-order valence-electron chi connectivity index (χ3n) is 5.66. The Morgan fingerprint density at radius 1 is 1.03 bits per heavy atom. The average Bonchev–Trinajstić information content (AvgIpc) is 2.81. The van der Waals surface area contributed by atoms with E-state index in [1.54, 1.807) is 31.3 Å². The predicted octanol–water partition coefficient (Wildman–Crippen LogP) is 5.11. The number of piperidine rings is 1. The molecule has 1 N–H and O–H groups in total. The number of carbonyl (C=O) groups excluding carboxylic acids is 1. The first-order valence-electron chi connectivity index (χ1n) is 10.8. The molecule has 1 saturated heterocycles. The third kappa shape index (κ3) is 5.22. The van der Waals surface area contributed by atoms with Gasteiger partial charge in [0.05, 0.1) is 12.8 Å². The quantitative estimate of drug-likeness (QED) is 0.565. The van der Waals surface area contributed by atoms with Gasteiger partial charge in [0, 0.05) is 36.3 Å². The summed E-state index contributed by atoms with van der Waals surface area (Å²) in [5.41, 5.74) is 3.04. The van der Waals surface area contributed by atoms with E-state index in [1.807, 2.05) is 25.1 Å². The molecule has 32 heavy (non-hydrogen) atoms. The van der Waals surface area contributed by atoms with Crippen molar-refractivity contribution in [3.8, 4) is 5.75 Å². The Morgan fingerprint density at radius 2 is 1.72 bits per heavy atom. The molecule has 4 rings (SSSR count). The van der Waals surface area contributed by atoms with Gasteiger partial charge in [0.25, 0.3) is 0 Å². The molecule has 0 unspecified atom stereocenters. The van der Waals surface area contributed by atoms with Gasteiger partial charge >= 0.3 is 0 Å². The zero-order valence-corrected chi connectivity index (χ0v) is 19.5. The molecule has 0 spiro atoms. The van der Waals surface area contributed by atoms with Crippen LogP contribution in [0.2, 0.25) is 0 Å². The molecule has 0 bridgehead atoms. The normalized spacial score (nSPS) is 14.3. The summed E-state index contributed by atoms with van der Waals surface area (Å²) in [5, 5.41) is 3.95. The Kier molecular flexibility index (Phi) is 6.95. The van der Waals surface area contributed by atoms with Crippen LogP contribution in [-0.4, -0.2) is 36.1 Å². The smallest absolute Gasteiger partial charge is 0.227 e. The van der Waals surface area contributed by atoms with E-state index >= 15 is 0 Å². The van der Waals surface area contributed by atoms with Gasteiger partial charge in [-0.3, -0.25) is 4.79 Å². The summed E-state index contributed by atoms with van der Waals surface area (Å²) in [5.74, 6) is 1.57. The number of carbonyl (C=O) groups is 1. The predicted molar refractivity (Wildman–Crippen MR) is 129 cm³/mol. The minimum absolute atomic E-state index is 0.0404. The van der Waals surface area contributed by atoms with Gasteiger partial charge in [-0.05, 0) is 56.5 Å². The molecule has 1 aliphatic heterocycles. The number of rotatable bonds is 6. The number of ether oxygens (including phenoxy) is 1. The fourth-order valence-corrected chi connectivity index (χ4v) is 4.71. The van der Waals surface area contributed by atoms with Crippen LogP contribution in [0.15, 0.2) is 64.8 Å². The standard InChI is InChI=1S/C25H28N4O2S/c1-17-4-7-20(8-5-17)32-25-23(26-12-13-27-25)29-14-10-19(11-15-29)24(30)28-21-16-18(2)6-9-22(21)31-3/h4-9,12-13,16,19H,10-11,14-15H2,1-3H3,(H,28,30). The number of nitrogens with zero attached hydrogens (tertiary/aromatic N) is 3. The van der Waals surface area contributed by atoms with E-state index in [2.05, 4.69) is 51.4 Å². The molecule has 166 valence electrons. The molecule has 0 radical (unpaired) electrons. The highest BCUT2D eigenvalue weighted by molar-refractivity contribution is 7.99. The minimum Gasteiger partial charge on any atom is -0.495 e. The van der Waals surface area contributed by atoms with Gasteiger partial charge in [0.15, 0.2) is 5.82 Å². The van der Waals surface area contributed by atoms with E-state index in [9.17, 15) is 4.79 Å². The maximum Gasteiger partial charge on any atom is 0.227 e. The summed E-state index contributed by atoms with van der Waals surface area (Å²) in [7, 11) is 1.62. The SMILES string of the molecule is COc1ccc(C)cc1NC(=O)C1CCN(c2nccnc2Sc2ccc(C)cc2)CC1. The zero-order valence-electron chi connectivity index (χ0n) is 18.7. The van der Waals surface area contributed by atoms with Gasteiger partial charge in [-0.25, -0.2) is 9.97 Å². The number of aryl methyl sites for hydroxylation is 2. The maximum absolute atomic E-state index is 12.9. The lowest BCUT2D eigenvalue weighted by Crippen LogP contribution is -2.39. The molecule has 1 aliphatic rings. The second-order valence-corrected chi connectivity index (χ2v) is 9.12. The first kappa shape index (κ1) is 22.1. The van der Waals surface area contributed by atoms with Crippen molar-refractivity contribution in [3.63, 3.8) is 0 Å². The van der Waals surface area contributed by atoms with Crippen LogP contribution in [0.3, 0.4) is 0 Å². The molecule has 0 saturated carbocycles. The average molecular weight is 449 g/mol. The van der Waals surface area contributed by atoms with Crippen LogP contribution in [0.25, 0.3) is 0 Å². The molecule has 1 aromatic heterocycles. The van der Waals surface area contributed by atoms with Gasteiger partial charge in [0.2, 0.25) is 5.91 Å². The van der Waals surface area contributed by atoms with Crippen LogP contribution in [0.4, 0.5) is 11.5 Å². The first-order chi connectivity index (χ1) is 15.5. The molecule has 6 nitrogen and oxygen atoms in total. The fourth-order valence-electron chi connectivity index (χ4n) is 3.83. The monoisotopic (exact) mass is 448 g/mol. The second kappa shape index (κ2) is 10.0. The van der Waals surface area contributed by atoms with E-state index in [0.717, 1.165) is 52.9 Å². The molecule has 2 heterocycles. The molecule has 3 aromatic rings. The Bertz CT molecular complexity index is 1080. The van der Waals surface area contributed by atoms with Gasteiger partial charge < -0.3 is 15.0 Å². The van der Waals surface area contributed by atoms with Crippen LogP contribution in [0.5, 0.6) is 5.75 Å². The molecular formula is C25H28N4O2S. The number of benzene rings is 2. The highest BCUT2D eigenvalue weighted by atomic mass is 32.2. The Labute approximate surface area is 193 Å². The lowest BCUT2D eigenvalue weighted by molar-refractivity contribution is -0.120. The summed E-state index contributed by atoms with van der Waals surface area (Å²) in [6.45, 7) is 5.62. The van der Waals surface area contributed by atoms with E-state index < -0.39 is 0 Å². The largest absolute Gasteiger partial charge is 0.495 e. The van der Waals surface area contributed by atoms with Crippen molar-refractivity contribution in [1.82, 2.24) is 9.97 Å². The van der Waals surface area contributed by atoms with Crippen molar-refractivity contribution < 1.29 is 9.53 Å². The van der Waals surface area contributed by atoms with Crippen molar-refractivity contribution in [1.29, 1.82) is 0 Å². The molecule has 1 amide bonds. The summed E-state index contributed by atoms with van der Waals surface area (Å²) in [6, 6.07) is 14.2. The number of methoxy groups -OCH3 is 1. The van der Waals surface area contributed by atoms with Crippen LogP contribution in [0, 0.1) is 19.8 Å². The molecule has 7 heteroatoms. The Hall–Kier alpha value is -3.06. The van der Waals surface area contributed by atoms with Gasteiger partial charge in [-0.2, -0.15) is 0 Å². The van der Waals surface area contributed by atoms with Crippen molar-refractivity contribution in [3.05, 3.63) is 66.0 Å². The van der Waals surface area contributed by atoms with Crippen molar-refractivity contribution in [2.75, 3.05) is 30.4 Å². The minimum atomic E-state index is -0.0404. The lowest BCUT2D eigenvalue weighted by Gasteiger charge is -2.32. The van der Waals surface area contributed by atoms with E-state index in [4.69, 9.17) is 4.74 Å². The van der Waals surface area contributed by atoms with Gasteiger partial charge in [-0.1, -0.05) is 35.5 Å². The topological polar surface area (TPSA) is 67.3 Å². The summed E-state index contributed by atoms with van der Waals surface area (Å²) >= 11 is 1.62. The third-order valence-corrected chi connectivity index (χ3v) is 6.65. The lowest BCUT2D eigenvalue weighted by atomic mass is 9.95. The number of aromatic nitrogens is 2. The summed E-state index contributed by atoms with van der Waals surface area (Å²) in [6.07, 6.45) is 5.00. The second-order valence-electron chi connectivity index (χ2n) is 8.05. The van der Waals surface area contributed by atoms with Crippen molar-refractivity contribution in [2.24, 2.45) is 5.92 Å². The van der Waals surface area contributed by atoms with E-state index in [-0.39, 0.29) is 11.8 Å². The van der Waals surface area contributed by atoms with Crippen molar-refractivity contribution in [2.45, 2.75) is 36.6 Å².